The first kappa shape index (κ1) is 16.8. The van der Waals surface area contributed by atoms with Crippen LogP contribution in [-0.2, 0) is 4.79 Å². The van der Waals surface area contributed by atoms with E-state index in [0.717, 1.165) is 19.0 Å². The summed E-state index contributed by atoms with van der Waals surface area (Å²) in [6, 6.07) is 0.527. The Labute approximate surface area is 130 Å². The average molecular weight is 294 g/mol. The Hall–Kier alpha value is -0.570. The minimum absolute atomic E-state index is 0.0103. The monoisotopic (exact) mass is 294 g/mol. The molecule has 3 nitrogen and oxygen atoms in total. The second-order valence-electron chi connectivity index (χ2n) is 7.81. The first-order valence-electron chi connectivity index (χ1n) is 8.99. The van der Waals surface area contributed by atoms with Crippen molar-refractivity contribution in [2.45, 2.75) is 84.7 Å². The summed E-state index contributed by atoms with van der Waals surface area (Å²) in [6.45, 7) is 11.1. The Morgan fingerprint density at radius 1 is 1.19 bits per heavy atom. The molecule has 0 aromatic heterocycles. The van der Waals surface area contributed by atoms with E-state index in [4.69, 9.17) is 0 Å². The molecule has 2 fully saturated rings. The number of rotatable bonds is 5. The molecule has 1 saturated heterocycles. The molecule has 3 heteroatoms. The van der Waals surface area contributed by atoms with Gasteiger partial charge in [-0.3, -0.25) is 4.79 Å². The Kier molecular flexibility index (Phi) is 5.70. The van der Waals surface area contributed by atoms with Crippen molar-refractivity contribution in [2.75, 3.05) is 13.1 Å². The van der Waals surface area contributed by atoms with Gasteiger partial charge in [0.05, 0.1) is 6.04 Å². The SMILES string of the molecule is CCC(C)(C)C1CCC(NC(C)C(=O)N2CCCC2)CC1. The van der Waals surface area contributed by atoms with Crippen LogP contribution < -0.4 is 5.32 Å². The Bertz CT molecular complexity index is 339. The smallest absolute Gasteiger partial charge is 0.239 e. The summed E-state index contributed by atoms with van der Waals surface area (Å²) in [5.41, 5.74) is 0.474. The van der Waals surface area contributed by atoms with Crippen LogP contribution in [0.25, 0.3) is 0 Å². The van der Waals surface area contributed by atoms with Gasteiger partial charge in [0.2, 0.25) is 5.91 Å². The fourth-order valence-corrected chi connectivity index (χ4v) is 3.97. The molecule has 1 atom stereocenters. The van der Waals surface area contributed by atoms with Crippen molar-refractivity contribution in [2.24, 2.45) is 11.3 Å². The van der Waals surface area contributed by atoms with E-state index in [9.17, 15) is 4.79 Å². The van der Waals surface area contributed by atoms with E-state index in [2.05, 4.69) is 26.1 Å². The van der Waals surface area contributed by atoms with Gasteiger partial charge in [0, 0.05) is 19.1 Å². The molecule has 0 spiro atoms. The molecule has 0 radical (unpaired) electrons. The fourth-order valence-electron chi connectivity index (χ4n) is 3.97. The van der Waals surface area contributed by atoms with Crippen LogP contribution in [0.5, 0.6) is 0 Å². The third kappa shape index (κ3) is 4.21. The number of hydrogen-bond donors (Lipinski definition) is 1. The molecule has 0 aromatic carbocycles. The van der Waals surface area contributed by atoms with Crippen LogP contribution in [0.2, 0.25) is 0 Å². The maximum Gasteiger partial charge on any atom is 0.239 e. The second kappa shape index (κ2) is 7.13. The van der Waals surface area contributed by atoms with Crippen molar-refractivity contribution in [1.29, 1.82) is 0 Å². The number of likely N-dealkylation sites (tertiary alicyclic amines) is 1. The van der Waals surface area contributed by atoms with Gasteiger partial charge < -0.3 is 10.2 Å². The van der Waals surface area contributed by atoms with Crippen LogP contribution in [0, 0.1) is 11.3 Å². The largest absolute Gasteiger partial charge is 0.341 e. The van der Waals surface area contributed by atoms with Crippen molar-refractivity contribution in [3.63, 3.8) is 0 Å². The molecule has 0 aromatic rings. The fraction of sp³-hybridized carbons (Fsp3) is 0.944. The van der Waals surface area contributed by atoms with Crippen molar-refractivity contribution in [3.8, 4) is 0 Å². The zero-order chi connectivity index (χ0) is 15.5. The summed E-state index contributed by atoms with van der Waals surface area (Å²) >= 11 is 0. The van der Waals surface area contributed by atoms with Crippen LogP contribution in [0.15, 0.2) is 0 Å². The van der Waals surface area contributed by atoms with Crippen molar-refractivity contribution >= 4 is 5.91 Å². The van der Waals surface area contributed by atoms with Crippen LogP contribution in [0.1, 0.15) is 72.6 Å². The van der Waals surface area contributed by atoms with Gasteiger partial charge in [0.15, 0.2) is 0 Å². The molecule has 1 saturated carbocycles. The van der Waals surface area contributed by atoms with Gasteiger partial charge >= 0.3 is 0 Å². The molecule has 1 N–H and O–H groups in total. The number of hydrogen-bond acceptors (Lipinski definition) is 2. The number of nitrogens with one attached hydrogen (secondary N) is 1. The van der Waals surface area contributed by atoms with Crippen LogP contribution >= 0.6 is 0 Å². The predicted octanol–water partition coefficient (Wildman–Crippen LogP) is 3.58. The normalized spacial score (nSPS) is 28.7. The van der Waals surface area contributed by atoms with Crippen LogP contribution in [0.4, 0.5) is 0 Å². The molecule has 2 rings (SSSR count). The molecule has 2 aliphatic rings. The quantitative estimate of drug-likeness (QED) is 0.840. The highest BCUT2D eigenvalue weighted by Gasteiger charge is 2.33. The summed E-state index contributed by atoms with van der Waals surface area (Å²) in [7, 11) is 0. The maximum absolute atomic E-state index is 12.4. The maximum atomic E-state index is 12.4. The molecular weight excluding hydrogens is 260 g/mol. The summed E-state index contributed by atoms with van der Waals surface area (Å²) in [4.78, 5) is 14.4. The van der Waals surface area contributed by atoms with Crippen molar-refractivity contribution in [3.05, 3.63) is 0 Å². The first-order chi connectivity index (χ1) is 9.94. The molecule has 1 aliphatic carbocycles. The van der Waals surface area contributed by atoms with Crippen LogP contribution in [0.3, 0.4) is 0 Å². The molecule has 1 amide bonds. The number of carbonyl (C=O) groups excluding carboxylic acids is 1. The van der Waals surface area contributed by atoms with E-state index in [1.807, 2.05) is 11.8 Å². The van der Waals surface area contributed by atoms with E-state index < -0.39 is 0 Å². The Balaban J connectivity index is 1.76. The van der Waals surface area contributed by atoms with E-state index in [-0.39, 0.29) is 6.04 Å². The summed E-state index contributed by atoms with van der Waals surface area (Å²) in [5, 5.41) is 3.59. The summed E-state index contributed by atoms with van der Waals surface area (Å²) in [5.74, 6) is 1.16. The highest BCUT2D eigenvalue weighted by atomic mass is 16.2. The predicted molar refractivity (Wildman–Crippen MR) is 88.2 cm³/mol. The highest BCUT2D eigenvalue weighted by Crippen LogP contribution is 2.40. The lowest BCUT2D eigenvalue weighted by molar-refractivity contribution is -0.132. The minimum Gasteiger partial charge on any atom is -0.341 e. The Morgan fingerprint density at radius 3 is 2.29 bits per heavy atom. The van der Waals surface area contributed by atoms with Gasteiger partial charge in [-0.05, 0) is 56.8 Å². The molecule has 1 unspecified atom stereocenters. The van der Waals surface area contributed by atoms with Gasteiger partial charge in [-0.25, -0.2) is 0 Å². The molecule has 122 valence electrons. The van der Waals surface area contributed by atoms with Gasteiger partial charge in [-0.2, -0.15) is 0 Å². The van der Waals surface area contributed by atoms with Gasteiger partial charge in [-0.1, -0.05) is 27.2 Å². The van der Waals surface area contributed by atoms with Gasteiger partial charge in [0.25, 0.3) is 0 Å². The topological polar surface area (TPSA) is 32.3 Å². The van der Waals surface area contributed by atoms with E-state index in [0.29, 0.717) is 17.4 Å². The summed E-state index contributed by atoms with van der Waals surface area (Å²) in [6.07, 6.45) is 8.69. The minimum atomic E-state index is -0.0103. The van der Waals surface area contributed by atoms with E-state index >= 15 is 0 Å². The van der Waals surface area contributed by atoms with Gasteiger partial charge in [-0.15, -0.1) is 0 Å². The first-order valence-corrected chi connectivity index (χ1v) is 8.99. The zero-order valence-electron chi connectivity index (χ0n) is 14.5. The van der Waals surface area contributed by atoms with Crippen molar-refractivity contribution < 1.29 is 4.79 Å². The Morgan fingerprint density at radius 2 is 1.76 bits per heavy atom. The molecule has 0 bridgehead atoms. The standard InChI is InChI=1S/C18H34N2O/c1-5-18(3,4)15-8-10-16(11-9-15)19-14(2)17(21)20-12-6-7-13-20/h14-16,19H,5-13H2,1-4H3. The second-order valence-corrected chi connectivity index (χ2v) is 7.81. The average Bonchev–Trinajstić information content (AvgIpc) is 3.01. The number of carbonyl (C=O) groups is 1. The number of amides is 1. The van der Waals surface area contributed by atoms with Crippen LogP contribution in [-0.4, -0.2) is 36.0 Å². The lowest BCUT2D eigenvalue weighted by Crippen LogP contribution is -2.48. The van der Waals surface area contributed by atoms with E-state index in [1.165, 1.54) is 44.9 Å². The molecule has 1 heterocycles. The zero-order valence-corrected chi connectivity index (χ0v) is 14.5. The molecular formula is C18H34N2O. The summed E-state index contributed by atoms with van der Waals surface area (Å²) < 4.78 is 0. The molecule has 21 heavy (non-hydrogen) atoms. The lowest BCUT2D eigenvalue weighted by atomic mass is 9.69. The lowest BCUT2D eigenvalue weighted by Gasteiger charge is -2.39. The number of nitrogens with zero attached hydrogens (tertiary/aromatic N) is 1. The third-order valence-corrected chi connectivity index (χ3v) is 6.02. The molecule has 1 aliphatic heterocycles. The van der Waals surface area contributed by atoms with Gasteiger partial charge in [0.1, 0.15) is 0 Å². The van der Waals surface area contributed by atoms with Crippen molar-refractivity contribution in [1.82, 2.24) is 10.2 Å². The third-order valence-electron chi connectivity index (χ3n) is 6.02. The highest BCUT2D eigenvalue weighted by molar-refractivity contribution is 5.81. The van der Waals surface area contributed by atoms with E-state index in [1.54, 1.807) is 0 Å².